The predicted octanol–water partition coefficient (Wildman–Crippen LogP) is 1.88. The molecule has 0 unspecified atom stereocenters. The Labute approximate surface area is 94.1 Å². The van der Waals surface area contributed by atoms with Gasteiger partial charge in [-0.3, -0.25) is 0 Å². The molecule has 0 amide bonds. The molecule has 80 valence electrons. The van der Waals surface area contributed by atoms with Crippen LogP contribution in [0.3, 0.4) is 0 Å². The first-order valence-corrected chi connectivity index (χ1v) is 4.42. The van der Waals surface area contributed by atoms with Crippen molar-refractivity contribution >= 4 is 12.4 Å². The van der Waals surface area contributed by atoms with Crippen molar-refractivity contribution in [2.24, 2.45) is 0 Å². The van der Waals surface area contributed by atoms with Crippen LogP contribution in [0.15, 0.2) is 34.7 Å². The molecule has 0 aliphatic rings. The Morgan fingerprint density at radius 3 is 2.60 bits per heavy atom. The Balaban J connectivity index is 0.00000112. The Morgan fingerprint density at radius 1 is 1.20 bits per heavy atom. The summed E-state index contributed by atoms with van der Waals surface area (Å²) >= 11 is 0. The molecule has 0 bridgehead atoms. The maximum absolute atomic E-state index is 5.43. The second-order valence-electron chi connectivity index (χ2n) is 2.90. The summed E-state index contributed by atoms with van der Waals surface area (Å²) in [6.07, 6.45) is 0. The summed E-state index contributed by atoms with van der Waals surface area (Å²) in [4.78, 5) is 0. The maximum atomic E-state index is 5.43. The van der Waals surface area contributed by atoms with E-state index in [1.165, 1.54) is 0 Å². The van der Waals surface area contributed by atoms with Gasteiger partial charge in [-0.15, -0.1) is 22.6 Å². The smallest absolute Gasteiger partial charge is 0.247 e. The van der Waals surface area contributed by atoms with Gasteiger partial charge in [0.05, 0.1) is 6.54 Å². The van der Waals surface area contributed by atoms with E-state index in [1.54, 1.807) is 0 Å². The zero-order valence-corrected chi connectivity index (χ0v) is 9.12. The van der Waals surface area contributed by atoms with Crippen LogP contribution in [0.4, 0.5) is 0 Å². The van der Waals surface area contributed by atoms with Crippen LogP contribution in [0.25, 0.3) is 11.5 Å². The van der Waals surface area contributed by atoms with E-state index in [9.17, 15) is 0 Å². The maximum Gasteiger partial charge on any atom is 0.247 e. The summed E-state index contributed by atoms with van der Waals surface area (Å²) in [6, 6.07) is 9.72. The van der Waals surface area contributed by atoms with Gasteiger partial charge in [0, 0.05) is 5.56 Å². The van der Waals surface area contributed by atoms with E-state index < -0.39 is 0 Å². The summed E-state index contributed by atoms with van der Waals surface area (Å²) in [7, 11) is 1.84. The molecule has 15 heavy (non-hydrogen) atoms. The highest BCUT2D eigenvalue weighted by Gasteiger charge is 2.06. The first-order valence-electron chi connectivity index (χ1n) is 4.42. The summed E-state index contributed by atoms with van der Waals surface area (Å²) in [5, 5.41) is 10.8. The van der Waals surface area contributed by atoms with Gasteiger partial charge in [-0.2, -0.15) is 0 Å². The van der Waals surface area contributed by atoms with Gasteiger partial charge in [-0.05, 0) is 19.2 Å². The number of hydrogen-bond donors (Lipinski definition) is 1. The Morgan fingerprint density at radius 2 is 1.93 bits per heavy atom. The normalized spacial score (nSPS) is 9.67. The molecule has 0 fully saturated rings. The number of nitrogens with one attached hydrogen (secondary N) is 1. The molecule has 0 saturated carbocycles. The lowest BCUT2D eigenvalue weighted by Gasteiger charge is -1.92. The molecule has 0 aliphatic carbocycles. The van der Waals surface area contributed by atoms with Gasteiger partial charge >= 0.3 is 0 Å². The fraction of sp³-hybridized carbons (Fsp3) is 0.200. The van der Waals surface area contributed by atoms with Crippen LogP contribution in [0.2, 0.25) is 0 Å². The Hall–Kier alpha value is -1.39. The van der Waals surface area contributed by atoms with Crippen molar-refractivity contribution in [3.63, 3.8) is 0 Å². The van der Waals surface area contributed by atoms with E-state index in [4.69, 9.17) is 4.42 Å². The highest BCUT2D eigenvalue weighted by molar-refractivity contribution is 5.85. The van der Waals surface area contributed by atoms with Crippen LogP contribution in [0.1, 0.15) is 5.89 Å². The zero-order valence-electron chi connectivity index (χ0n) is 8.30. The van der Waals surface area contributed by atoms with Crippen molar-refractivity contribution in [1.82, 2.24) is 15.5 Å². The van der Waals surface area contributed by atoms with E-state index >= 15 is 0 Å². The fourth-order valence-corrected chi connectivity index (χ4v) is 1.17. The molecule has 0 atom stereocenters. The molecule has 1 heterocycles. The van der Waals surface area contributed by atoms with Crippen molar-refractivity contribution in [3.8, 4) is 11.5 Å². The van der Waals surface area contributed by atoms with Crippen molar-refractivity contribution < 1.29 is 4.42 Å². The quantitative estimate of drug-likeness (QED) is 0.867. The molecule has 1 aromatic heterocycles. The third kappa shape index (κ3) is 2.78. The highest BCUT2D eigenvalue weighted by atomic mass is 35.5. The van der Waals surface area contributed by atoms with Gasteiger partial charge < -0.3 is 9.73 Å². The number of halogens is 1. The first-order chi connectivity index (χ1) is 6.90. The number of aromatic nitrogens is 2. The Kier molecular flexibility index (Phi) is 4.27. The summed E-state index contributed by atoms with van der Waals surface area (Å²) in [5.41, 5.74) is 0.947. The van der Waals surface area contributed by atoms with E-state index in [0.29, 0.717) is 18.3 Å². The minimum atomic E-state index is 0. The zero-order chi connectivity index (χ0) is 9.80. The van der Waals surface area contributed by atoms with Crippen molar-refractivity contribution in [2.75, 3.05) is 7.05 Å². The van der Waals surface area contributed by atoms with Gasteiger partial charge in [-0.25, -0.2) is 0 Å². The van der Waals surface area contributed by atoms with E-state index in [-0.39, 0.29) is 12.4 Å². The predicted molar refractivity (Wildman–Crippen MR) is 59.7 cm³/mol. The minimum Gasteiger partial charge on any atom is -0.419 e. The lowest BCUT2D eigenvalue weighted by Crippen LogP contribution is -2.04. The molecule has 0 saturated heterocycles. The average molecular weight is 226 g/mol. The lowest BCUT2D eigenvalue weighted by atomic mass is 10.2. The number of rotatable bonds is 3. The standard InChI is InChI=1S/C10H11N3O.ClH/c1-11-7-9-12-13-10(14-9)8-5-3-2-4-6-8;/h2-6,11H,7H2,1H3;1H. The molecule has 4 nitrogen and oxygen atoms in total. The summed E-state index contributed by atoms with van der Waals surface area (Å²) in [6.45, 7) is 0.597. The average Bonchev–Trinajstić information content (AvgIpc) is 2.68. The monoisotopic (exact) mass is 225 g/mol. The summed E-state index contributed by atoms with van der Waals surface area (Å²) < 4.78 is 5.43. The molecule has 2 aromatic rings. The van der Waals surface area contributed by atoms with E-state index in [1.807, 2.05) is 37.4 Å². The van der Waals surface area contributed by atoms with Crippen molar-refractivity contribution in [2.45, 2.75) is 6.54 Å². The second kappa shape index (κ2) is 5.48. The topological polar surface area (TPSA) is 51.0 Å². The highest BCUT2D eigenvalue weighted by Crippen LogP contribution is 2.16. The van der Waals surface area contributed by atoms with Crippen LogP contribution >= 0.6 is 12.4 Å². The van der Waals surface area contributed by atoms with Gasteiger partial charge in [0.15, 0.2) is 0 Å². The number of nitrogens with zero attached hydrogens (tertiary/aromatic N) is 2. The van der Waals surface area contributed by atoms with Crippen LogP contribution in [-0.2, 0) is 6.54 Å². The van der Waals surface area contributed by atoms with Crippen molar-refractivity contribution in [1.29, 1.82) is 0 Å². The first kappa shape index (κ1) is 11.7. The molecule has 1 aromatic carbocycles. The minimum absolute atomic E-state index is 0. The van der Waals surface area contributed by atoms with Gasteiger partial charge in [0.25, 0.3) is 0 Å². The van der Waals surface area contributed by atoms with Gasteiger partial charge in [0.2, 0.25) is 11.8 Å². The van der Waals surface area contributed by atoms with Gasteiger partial charge in [0.1, 0.15) is 0 Å². The van der Waals surface area contributed by atoms with Gasteiger partial charge in [-0.1, -0.05) is 18.2 Å². The molecule has 5 heteroatoms. The largest absolute Gasteiger partial charge is 0.419 e. The van der Waals surface area contributed by atoms with Crippen LogP contribution < -0.4 is 5.32 Å². The molecule has 0 aliphatic heterocycles. The molecular formula is C10H12ClN3O. The second-order valence-corrected chi connectivity index (χ2v) is 2.90. The summed E-state index contributed by atoms with van der Waals surface area (Å²) in [5.74, 6) is 1.17. The van der Waals surface area contributed by atoms with Crippen LogP contribution in [0.5, 0.6) is 0 Å². The fourth-order valence-electron chi connectivity index (χ4n) is 1.17. The third-order valence-electron chi connectivity index (χ3n) is 1.82. The molecular weight excluding hydrogens is 214 g/mol. The number of hydrogen-bond acceptors (Lipinski definition) is 4. The van der Waals surface area contributed by atoms with Crippen molar-refractivity contribution in [3.05, 3.63) is 36.2 Å². The molecule has 1 N–H and O–H groups in total. The molecule has 2 rings (SSSR count). The molecule has 0 spiro atoms. The third-order valence-corrected chi connectivity index (χ3v) is 1.82. The van der Waals surface area contributed by atoms with Crippen LogP contribution in [0, 0.1) is 0 Å². The van der Waals surface area contributed by atoms with E-state index in [0.717, 1.165) is 5.56 Å². The lowest BCUT2D eigenvalue weighted by molar-refractivity contribution is 0.490. The number of benzene rings is 1. The SMILES string of the molecule is CNCc1nnc(-c2ccccc2)o1.Cl. The molecule has 0 radical (unpaired) electrons. The van der Waals surface area contributed by atoms with Crippen LogP contribution in [-0.4, -0.2) is 17.2 Å². The van der Waals surface area contributed by atoms with E-state index in [2.05, 4.69) is 15.5 Å². The Bertz CT molecular complexity index is 402.